The van der Waals surface area contributed by atoms with E-state index in [2.05, 4.69) is 0 Å². The van der Waals surface area contributed by atoms with Gasteiger partial charge in [-0.15, -0.1) is 0 Å². The first-order valence-electron chi connectivity index (χ1n) is 7.11. The number of piperidine rings is 1. The van der Waals surface area contributed by atoms with Gasteiger partial charge in [0, 0.05) is 44.6 Å². The summed E-state index contributed by atoms with van der Waals surface area (Å²) in [6, 6.07) is 0. The van der Waals surface area contributed by atoms with E-state index in [1.165, 1.54) is 0 Å². The number of amides is 1. The van der Waals surface area contributed by atoms with Crippen molar-refractivity contribution in [2.24, 2.45) is 11.8 Å². The third-order valence-electron chi connectivity index (χ3n) is 4.18. The maximum Gasteiger partial charge on any atom is 0.225 e. The Kier molecular flexibility index (Phi) is 4.75. The Bertz CT molecular complexity index is 302. The van der Waals surface area contributed by atoms with Crippen molar-refractivity contribution < 1.29 is 14.3 Å². The molecule has 2 heterocycles. The van der Waals surface area contributed by atoms with Crippen molar-refractivity contribution in [1.29, 1.82) is 0 Å². The Morgan fingerprint density at radius 2 is 1.67 bits per heavy atom. The highest BCUT2D eigenvalue weighted by molar-refractivity contribution is 5.82. The van der Waals surface area contributed by atoms with Gasteiger partial charge in [-0.25, -0.2) is 0 Å². The molecule has 0 radical (unpaired) electrons. The van der Waals surface area contributed by atoms with Crippen LogP contribution in [0.4, 0.5) is 0 Å². The van der Waals surface area contributed by atoms with Crippen LogP contribution in [0.3, 0.4) is 0 Å². The van der Waals surface area contributed by atoms with Gasteiger partial charge in [-0.05, 0) is 25.7 Å². The van der Waals surface area contributed by atoms with Gasteiger partial charge in [-0.2, -0.15) is 0 Å². The second-order valence-electron chi connectivity index (χ2n) is 5.31. The molecule has 0 saturated carbocycles. The van der Waals surface area contributed by atoms with Gasteiger partial charge in [0.2, 0.25) is 5.91 Å². The summed E-state index contributed by atoms with van der Waals surface area (Å²) < 4.78 is 5.28. The van der Waals surface area contributed by atoms with Crippen molar-refractivity contribution in [2.75, 3.05) is 26.3 Å². The van der Waals surface area contributed by atoms with Gasteiger partial charge in [-0.1, -0.05) is 6.92 Å². The SMILES string of the molecule is CCC(=O)C1CCN(C(=O)C2CCOCC2)CC1. The molecular formula is C14H23NO3. The van der Waals surface area contributed by atoms with Crippen molar-refractivity contribution in [1.82, 2.24) is 4.90 Å². The fraction of sp³-hybridized carbons (Fsp3) is 0.857. The number of ether oxygens (including phenoxy) is 1. The normalized spacial score (nSPS) is 23.1. The number of Topliss-reactive ketones (excluding diaryl/α,β-unsaturated/α-hetero) is 1. The molecule has 0 N–H and O–H groups in total. The first kappa shape index (κ1) is 13.5. The average molecular weight is 253 g/mol. The number of nitrogens with zero attached hydrogens (tertiary/aromatic N) is 1. The summed E-state index contributed by atoms with van der Waals surface area (Å²) in [5.74, 6) is 0.972. The van der Waals surface area contributed by atoms with Gasteiger partial charge in [-0.3, -0.25) is 9.59 Å². The Balaban J connectivity index is 1.81. The lowest BCUT2D eigenvalue weighted by Crippen LogP contribution is -2.44. The topological polar surface area (TPSA) is 46.6 Å². The van der Waals surface area contributed by atoms with E-state index < -0.39 is 0 Å². The monoisotopic (exact) mass is 253 g/mol. The average Bonchev–Trinajstić information content (AvgIpc) is 2.47. The fourth-order valence-corrected chi connectivity index (χ4v) is 2.91. The molecule has 2 saturated heterocycles. The standard InChI is InChI=1S/C14H23NO3/c1-2-13(16)11-3-7-15(8-4-11)14(17)12-5-9-18-10-6-12/h11-12H,2-10H2,1H3. The predicted octanol–water partition coefficient (Wildman–Crippen LogP) is 1.63. The molecule has 0 atom stereocenters. The number of rotatable bonds is 3. The minimum Gasteiger partial charge on any atom is -0.381 e. The molecule has 2 aliphatic rings. The van der Waals surface area contributed by atoms with Gasteiger partial charge in [0.25, 0.3) is 0 Å². The first-order valence-corrected chi connectivity index (χ1v) is 7.11. The lowest BCUT2D eigenvalue weighted by molar-refractivity contribution is -0.141. The highest BCUT2D eigenvalue weighted by Crippen LogP contribution is 2.23. The first-order chi connectivity index (χ1) is 8.72. The van der Waals surface area contributed by atoms with Gasteiger partial charge < -0.3 is 9.64 Å². The molecule has 0 spiro atoms. The summed E-state index contributed by atoms with van der Waals surface area (Å²) in [5.41, 5.74) is 0. The summed E-state index contributed by atoms with van der Waals surface area (Å²) in [6.45, 7) is 4.85. The minimum atomic E-state index is 0.150. The summed E-state index contributed by atoms with van der Waals surface area (Å²) in [7, 11) is 0. The Labute approximate surface area is 109 Å². The number of likely N-dealkylation sites (tertiary alicyclic amines) is 1. The van der Waals surface area contributed by atoms with Crippen molar-refractivity contribution in [3.63, 3.8) is 0 Å². The molecule has 0 aromatic heterocycles. The minimum absolute atomic E-state index is 0.150. The summed E-state index contributed by atoms with van der Waals surface area (Å²) in [4.78, 5) is 25.9. The van der Waals surface area contributed by atoms with Gasteiger partial charge in [0.05, 0.1) is 0 Å². The van der Waals surface area contributed by atoms with Crippen molar-refractivity contribution in [3.05, 3.63) is 0 Å². The van der Waals surface area contributed by atoms with Crippen LogP contribution < -0.4 is 0 Å². The predicted molar refractivity (Wildman–Crippen MR) is 68.1 cm³/mol. The van der Waals surface area contributed by atoms with Crippen LogP contribution in [0, 0.1) is 11.8 Å². The second-order valence-corrected chi connectivity index (χ2v) is 5.31. The van der Waals surface area contributed by atoms with Crippen LogP contribution in [0.5, 0.6) is 0 Å². The van der Waals surface area contributed by atoms with E-state index in [1.54, 1.807) is 0 Å². The lowest BCUT2D eigenvalue weighted by Gasteiger charge is -2.34. The zero-order chi connectivity index (χ0) is 13.0. The highest BCUT2D eigenvalue weighted by atomic mass is 16.5. The highest BCUT2D eigenvalue weighted by Gasteiger charge is 2.30. The summed E-state index contributed by atoms with van der Waals surface area (Å²) in [6.07, 6.45) is 4.03. The Morgan fingerprint density at radius 1 is 1.06 bits per heavy atom. The van der Waals surface area contributed by atoms with Crippen molar-refractivity contribution in [3.8, 4) is 0 Å². The molecule has 0 aliphatic carbocycles. The maximum absolute atomic E-state index is 12.3. The second kappa shape index (κ2) is 6.32. The van der Waals surface area contributed by atoms with E-state index in [-0.39, 0.29) is 17.7 Å². The Hall–Kier alpha value is -0.900. The molecule has 0 unspecified atom stereocenters. The van der Waals surface area contributed by atoms with Crippen molar-refractivity contribution >= 4 is 11.7 Å². The molecule has 2 fully saturated rings. The number of carbonyl (C=O) groups is 2. The number of hydrogen-bond acceptors (Lipinski definition) is 3. The molecule has 1 amide bonds. The van der Waals surface area contributed by atoms with Crippen LogP contribution in [-0.2, 0) is 14.3 Å². The van der Waals surface area contributed by atoms with E-state index in [4.69, 9.17) is 4.74 Å². The van der Waals surface area contributed by atoms with Crippen LogP contribution >= 0.6 is 0 Å². The maximum atomic E-state index is 12.3. The van der Waals surface area contributed by atoms with Gasteiger partial charge in [0.15, 0.2) is 0 Å². The quantitative estimate of drug-likeness (QED) is 0.768. The zero-order valence-electron chi connectivity index (χ0n) is 11.2. The fourth-order valence-electron chi connectivity index (χ4n) is 2.91. The third kappa shape index (κ3) is 3.10. The van der Waals surface area contributed by atoms with Crippen LogP contribution in [0.2, 0.25) is 0 Å². The van der Waals surface area contributed by atoms with Crippen LogP contribution in [0.1, 0.15) is 39.0 Å². The molecule has 2 rings (SSSR count). The van der Waals surface area contributed by atoms with Gasteiger partial charge >= 0.3 is 0 Å². The van der Waals surface area contributed by atoms with Gasteiger partial charge in [0.1, 0.15) is 5.78 Å². The molecule has 0 aromatic carbocycles. The summed E-state index contributed by atoms with van der Waals surface area (Å²) >= 11 is 0. The lowest BCUT2D eigenvalue weighted by atomic mass is 9.90. The summed E-state index contributed by atoms with van der Waals surface area (Å²) in [5, 5.41) is 0. The van der Waals surface area contributed by atoms with Crippen LogP contribution in [-0.4, -0.2) is 42.9 Å². The molecule has 4 heteroatoms. The smallest absolute Gasteiger partial charge is 0.225 e. The van der Waals surface area contributed by atoms with Crippen molar-refractivity contribution in [2.45, 2.75) is 39.0 Å². The molecule has 0 bridgehead atoms. The number of carbonyl (C=O) groups excluding carboxylic acids is 2. The van der Waals surface area contributed by atoms with E-state index in [0.29, 0.717) is 25.4 Å². The molecule has 4 nitrogen and oxygen atoms in total. The zero-order valence-corrected chi connectivity index (χ0v) is 11.2. The molecule has 2 aliphatic heterocycles. The van der Waals surface area contributed by atoms with Crippen LogP contribution in [0.15, 0.2) is 0 Å². The van der Waals surface area contributed by atoms with E-state index in [9.17, 15) is 9.59 Å². The van der Waals surface area contributed by atoms with E-state index in [0.717, 1.165) is 38.8 Å². The molecule has 18 heavy (non-hydrogen) atoms. The molecule has 0 aromatic rings. The molecular weight excluding hydrogens is 230 g/mol. The van der Waals surface area contributed by atoms with E-state index >= 15 is 0 Å². The van der Waals surface area contributed by atoms with Crippen LogP contribution in [0.25, 0.3) is 0 Å². The molecule has 102 valence electrons. The largest absolute Gasteiger partial charge is 0.381 e. The number of ketones is 1. The Morgan fingerprint density at radius 3 is 2.22 bits per heavy atom. The van der Waals surface area contributed by atoms with E-state index in [1.807, 2.05) is 11.8 Å². The third-order valence-corrected chi connectivity index (χ3v) is 4.18. The number of hydrogen-bond donors (Lipinski definition) is 0.